The van der Waals surface area contributed by atoms with Crippen molar-refractivity contribution in [3.05, 3.63) is 59.2 Å². The van der Waals surface area contributed by atoms with Crippen molar-refractivity contribution in [3.8, 4) is 11.5 Å². The van der Waals surface area contributed by atoms with Crippen molar-refractivity contribution in [1.82, 2.24) is 5.32 Å². The Bertz CT molecular complexity index is 785. The summed E-state index contributed by atoms with van der Waals surface area (Å²) in [7, 11) is 0. The third-order valence-electron chi connectivity index (χ3n) is 5.39. The van der Waals surface area contributed by atoms with E-state index in [0.29, 0.717) is 19.6 Å². The zero-order valence-electron chi connectivity index (χ0n) is 17.7. The van der Waals surface area contributed by atoms with Gasteiger partial charge in [-0.2, -0.15) is 0 Å². The number of carbonyl (C=O) groups excluding carboxylic acids is 1. The molecule has 1 aliphatic rings. The van der Waals surface area contributed by atoms with Gasteiger partial charge >= 0.3 is 0 Å². The SMILES string of the molecule is CCCc1ccc(OCCNC(=O)[C@H](CC)Oc2ccc3c(c2)CCCC3)cc1. The van der Waals surface area contributed by atoms with Crippen LogP contribution < -0.4 is 14.8 Å². The van der Waals surface area contributed by atoms with Crippen LogP contribution in [0.2, 0.25) is 0 Å². The molecule has 1 amide bonds. The standard InChI is InChI=1S/C25H33NO3/c1-3-7-19-10-13-22(14-11-19)28-17-16-26-25(27)24(4-2)29-23-15-12-20-8-5-6-9-21(20)18-23/h10-15,18,24H,3-9,16-17H2,1-2H3,(H,26,27)/t24-/m0/s1. The van der Waals surface area contributed by atoms with Gasteiger partial charge in [-0.15, -0.1) is 0 Å². The van der Waals surface area contributed by atoms with Crippen molar-refractivity contribution in [3.63, 3.8) is 0 Å². The molecule has 0 fully saturated rings. The number of fused-ring (bicyclic) bond motifs is 1. The molecule has 0 radical (unpaired) electrons. The Morgan fingerprint density at radius 2 is 1.72 bits per heavy atom. The van der Waals surface area contributed by atoms with E-state index in [1.165, 1.54) is 29.5 Å². The van der Waals surface area contributed by atoms with Gasteiger partial charge in [-0.1, -0.05) is 38.5 Å². The molecule has 1 atom stereocenters. The van der Waals surface area contributed by atoms with Crippen LogP contribution in [0, 0.1) is 0 Å². The fourth-order valence-corrected chi connectivity index (χ4v) is 3.77. The zero-order chi connectivity index (χ0) is 20.5. The highest BCUT2D eigenvalue weighted by Crippen LogP contribution is 2.26. The Hall–Kier alpha value is -2.49. The number of rotatable bonds is 10. The van der Waals surface area contributed by atoms with Crippen molar-refractivity contribution in [1.29, 1.82) is 0 Å². The van der Waals surface area contributed by atoms with Gasteiger partial charge in [0.05, 0.1) is 6.54 Å². The fraction of sp³-hybridized carbons (Fsp3) is 0.480. The molecule has 0 unspecified atom stereocenters. The monoisotopic (exact) mass is 395 g/mol. The van der Waals surface area contributed by atoms with Crippen molar-refractivity contribution in [2.24, 2.45) is 0 Å². The van der Waals surface area contributed by atoms with Crippen LogP contribution in [0.5, 0.6) is 11.5 Å². The fourth-order valence-electron chi connectivity index (χ4n) is 3.77. The van der Waals surface area contributed by atoms with E-state index in [1.54, 1.807) is 0 Å². The Morgan fingerprint density at radius 1 is 1.00 bits per heavy atom. The van der Waals surface area contributed by atoms with Crippen molar-refractivity contribution in [2.75, 3.05) is 13.2 Å². The van der Waals surface area contributed by atoms with E-state index in [-0.39, 0.29) is 5.91 Å². The molecule has 29 heavy (non-hydrogen) atoms. The normalized spacial score (nSPS) is 14.0. The maximum Gasteiger partial charge on any atom is 0.261 e. The van der Waals surface area contributed by atoms with Crippen LogP contribution in [0.4, 0.5) is 0 Å². The van der Waals surface area contributed by atoms with Crippen LogP contribution in [-0.2, 0) is 24.1 Å². The van der Waals surface area contributed by atoms with Gasteiger partial charge in [0.15, 0.2) is 6.10 Å². The van der Waals surface area contributed by atoms with Crippen molar-refractivity contribution < 1.29 is 14.3 Å². The summed E-state index contributed by atoms with van der Waals surface area (Å²) in [6.45, 7) is 5.04. The average Bonchev–Trinajstić information content (AvgIpc) is 2.76. The minimum Gasteiger partial charge on any atom is -0.492 e. The van der Waals surface area contributed by atoms with E-state index in [2.05, 4.69) is 36.5 Å². The number of amides is 1. The number of hydrogen-bond donors (Lipinski definition) is 1. The average molecular weight is 396 g/mol. The smallest absolute Gasteiger partial charge is 0.261 e. The Kier molecular flexibility index (Phi) is 7.97. The quantitative estimate of drug-likeness (QED) is 0.584. The number of carbonyl (C=O) groups is 1. The summed E-state index contributed by atoms with van der Waals surface area (Å²) >= 11 is 0. The lowest BCUT2D eigenvalue weighted by molar-refractivity contribution is -0.128. The second-order valence-electron chi connectivity index (χ2n) is 7.69. The zero-order valence-corrected chi connectivity index (χ0v) is 17.7. The minimum atomic E-state index is -0.482. The maximum absolute atomic E-state index is 12.5. The molecule has 2 aromatic rings. The second-order valence-corrected chi connectivity index (χ2v) is 7.69. The summed E-state index contributed by atoms with van der Waals surface area (Å²) in [5, 5.41) is 2.93. The summed E-state index contributed by atoms with van der Waals surface area (Å²) < 4.78 is 11.7. The molecule has 4 nitrogen and oxygen atoms in total. The first-order valence-corrected chi connectivity index (χ1v) is 11.0. The molecular formula is C25H33NO3. The molecule has 0 heterocycles. The van der Waals surface area contributed by atoms with Gasteiger partial charge in [0.25, 0.3) is 5.91 Å². The molecule has 0 saturated heterocycles. The van der Waals surface area contributed by atoms with Crippen LogP contribution in [0.3, 0.4) is 0 Å². The van der Waals surface area contributed by atoms with Gasteiger partial charge in [0.2, 0.25) is 0 Å². The second kappa shape index (κ2) is 10.9. The number of benzene rings is 2. The van der Waals surface area contributed by atoms with Gasteiger partial charge in [0.1, 0.15) is 18.1 Å². The van der Waals surface area contributed by atoms with E-state index < -0.39 is 6.10 Å². The van der Waals surface area contributed by atoms with Crippen LogP contribution >= 0.6 is 0 Å². The first kappa shape index (κ1) is 21.2. The number of nitrogens with one attached hydrogen (secondary N) is 1. The van der Waals surface area contributed by atoms with Crippen LogP contribution in [0.1, 0.15) is 56.2 Å². The van der Waals surface area contributed by atoms with E-state index in [1.807, 2.05) is 25.1 Å². The van der Waals surface area contributed by atoms with Crippen LogP contribution in [-0.4, -0.2) is 25.2 Å². The minimum absolute atomic E-state index is 0.0906. The lowest BCUT2D eigenvalue weighted by Crippen LogP contribution is -2.39. The highest BCUT2D eigenvalue weighted by atomic mass is 16.5. The molecule has 3 rings (SSSR count). The van der Waals surface area contributed by atoms with Gasteiger partial charge in [-0.05, 0) is 79.5 Å². The third kappa shape index (κ3) is 6.25. The predicted molar refractivity (Wildman–Crippen MR) is 117 cm³/mol. The molecule has 0 aromatic heterocycles. The summed E-state index contributed by atoms with van der Waals surface area (Å²) in [5.41, 5.74) is 4.10. The van der Waals surface area contributed by atoms with Gasteiger partial charge in [-0.25, -0.2) is 0 Å². The molecule has 156 valence electrons. The molecule has 2 aromatic carbocycles. The molecule has 1 N–H and O–H groups in total. The highest BCUT2D eigenvalue weighted by Gasteiger charge is 2.19. The Morgan fingerprint density at radius 3 is 2.45 bits per heavy atom. The van der Waals surface area contributed by atoms with Crippen molar-refractivity contribution >= 4 is 5.91 Å². The lowest BCUT2D eigenvalue weighted by atomic mass is 9.92. The van der Waals surface area contributed by atoms with Crippen molar-refractivity contribution in [2.45, 2.75) is 64.9 Å². The molecule has 4 heteroatoms. The summed E-state index contributed by atoms with van der Waals surface area (Å²) in [4.78, 5) is 12.5. The van der Waals surface area contributed by atoms with Crippen LogP contribution in [0.25, 0.3) is 0 Å². The largest absolute Gasteiger partial charge is 0.492 e. The lowest BCUT2D eigenvalue weighted by Gasteiger charge is -2.20. The van der Waals surface area contributed by atoms with E-state index in [9.17, 15) is 4.79 Å². The molecule has 0 aliphatic heterocycles. The summed E-state index contributed by atoms with van der Waals surface area (Å²) in [6, 6.07) is 14.4. The maximum atomic E-state index is 12.5. The summed E-state index contributed by atoms with van der Waals surface area (Å²) in [6.07, 6.45) is 7.11. The third-order valence-corrected chi connectivity index (χ3v) is 5.39. The van der Waals surface area contributed by atoms with Crippen LogP contribution in [0.15, 0.2) is 42.5 Å². The van der Waals surface area contributed by atoms with E-state index in [0.717, 1.165) is 37.2 Å². The van der Waals surface area contributed by atoms with Gasteiger partial charge < -0.3 is 14.8 Å². The first-order chi connectivity index (χ1) is 14.2. The predicted octanol–water partition coefficient (Wildman–Crippen LogP) is 4.87. The number of hydrogen-bond acceptors (Lipinski definition) is 3. The number of ether oxygens (including phenoxy) is 2. The molecule has 0 spiro atoms. The molecule has 0 bridgehead atoms. The Labute approximate surface area is 174 Å². The number of aryl methyl sites for hydroxylation is 3. The van der Waals surface area contributed by atoms with Gasteiger partial charge in [0, 0.05) is 0 Å². The molecule has 1 aliphatic carbocycles. The molecular weight excluding hydrogens is 362 g/mol. The summed E-state index contributed by atoms with van der Waals surface area (Å²) in [5.74, 6) is 1.53. The topological polar surface area (TPSA) is 47.6 Å². The van der Waals surface area contributed by atoms with Gasteiger partial charge in [-0.3, -0.25) is 4.79 Å². The highest BCUT2D eigenvalue weighted by molar-refractivity contribution is 5.81. The van der Waals surface area contributed by atoms with E-state index >= 15 is 0 Å². The first-order valence-electron chi connectivity index (χ1n) is 11.0. The Balaban J connectivity index is 1.43. The molecule has 0 saturated carbocycles. The van der Waals surface area contributed by atoms with E-state index in [4.69, 9.17) is 9.47 Å².